The molecule has 3 rings (SSSR count). The Labute approximate surface area is 131 Å². The maximum atomic E-state index is 11.9. The summed E-state index contributed by atoms with van der Waals surface area (Å²) in [6.07, 6.45) is 6.17. The number of hydrogen-bond acceptors (Lipinski definition) is 4. The Morgan fingerprint density at radius 3 is 2.81 bits per heavy atom. The van der Waals surface area contributed by atoms with Gasteiger partial charge in [0.25, 0.3) is 0 Å². The molecule has 1 fully saturated rings. The maximum Gasteiger partial charge on any atom is 0.314 e. The van der Waals surface area contributed by atoms with Gasteiger partial charge in [-0.15, -0.1) is 0 Å². The second-order valence-electron chi connectivity index (χ2n) is 4.69. The van der Waals surface area contributed by atoms with Crippen molar-refractivity contribution in [3.63, 3.8) is 0 Å². The van der Waals surface area contributed by atoms with Crippen molar-refractivity contribution in [2.45, 2.75) is 12.8 Å². The van der Waals surface area contributed by atoms with Crippen LogP contribution in [0.4, 0.5) is 0 Å². The van der Waals surface area contributed by atoms with Gasteiger partial charge >= 0.3 is 5.97 Å². The number of nitrogens with zero attached hydrogens (tertiary/aromatic N) is 3. The average Bonchev–Trinajstić information content (AvgIpc) is 3.17. The first-order valence-electron chi connectivity index (χ1n) is 6.36. The molecule has 0 spiro atoms. The number of carbonyl (C=O) groups is 1. The van der Waals surface area contributed by atoms with Crippen LogP contribution in [0.15, 0.2) is 30.9 Å². The third kappa shape index (κ3) is 3.43. The molecule has 0 saturated heterocycles. The summed E-state index contributed by atoms with van der Waals surface area (Å²) in [5, 5.41) is 4.88. The molecule has 1 aliphatic carbocycles. The van der Waals surface area contributed by atoms with E-state index < -0.39 is 0 Å². The summed E-state index contributed by atoms with van der Waals surface area (Å²) in [6, 6.07) is 4.98. The third-order valence-electron chi connectivity index (χ3n) is 3.00. The van der Waals surface area contributed by atoms with Crippen molar-refractivity contribution in [3.05, 3.63) is 46.5 Å². The largest absolute Gasteiger partial charge is 0.424 e. The van der Waals surface area contributed by atoms with Crippen LogP contribution < -0.4 is 0 Å². The van der Waals surface area contributed by atoms with Crippen LogP contribution in [0.25, 0.3) is 12.0 Å². The first-order chi connectivity index (χ1) is 10.1. The number of esters is 1. The summed E-state index contributed by atoms with van der Waals surface area (Å²) in [5.41, 5.74) is 0.575. The zero-order valence-corrected chi connectivity index (χ0v) is 12.4. The number of rotatable bonds is 4. The normalized spacial score (nSPS) is 15.0. The highest BCUT2D eigenvalue weighted by atomic mass is 35.5. The molecule has 5 nitrogen and oxygen atoms in total. The van der Waals surface area contributed by atoms with Gasteiger partial charge in [0.1, 0.15) is 12.7 Å². The molecule has 1 aromatic carbocycles. The SMILES string of the molecule is O=C(OC(=Cn1cncn1)c1ccc(Cl)cc1Cl)C1CC1. The lowest BCUT2D eigenvalue weighted by molar-refractivity contribution is -0.138. The minimum absolute atomic E-state index is 0.0183. The Morgan fingerprint density at radius 1 is 1.38 bits per heavy atom. The highest BCUT2D eigenvalue weighted by Gasteiger charge is 2.32. The highest BCUT2D eigenvalue weighted by Crippen LogP contribution is 2.34. The first-order valence-corrected chi connectivity index (χ1v) is 7.12. The molecule has 1 aliphatic rings. The molecule has 21 heavy (non-hydrogen) atoms. The van der Waals surface area contributed by atoms with Crippen LogP contribution in [0, 0.1) is 5.92 Å². The van der Waals surface area contributed by atoms with Gasteiger partial charge in [-0.3, -0.25) is 4.79 Å². The van der Waals surface area contributed by atoms with Crippen LogP contribution in [0.3, 0.4) is 0 Å². The van der Waals surface area contributed by atoms with Gasteiger partial charge in [-0.25, -0.2) is 9.67 Å². The molecule has 2 aromatic rings. The molecule has 0 amide bonds. The van der Waals surface area contributed by atoms with Crippen molar-refractivity contribution in [1.82, 2.24) is 14.8 Å². The van der Waals surface area contributed by atoms with E-state index >= 15 is 0 Å². The Hall–Kier alpha value is -1.85. The third-order valence-corrected chi connectivity index (χ3v) is 3.55. The monoisotopic (exact) mass is 323 g/mol. The predicted molar refractivity (Wildman–Crippen MR) is 79.5 cm³/mol. The predicted octanol–water partition coefficient (Wildman–Crippen LogP) is 3.49. The minimum Gasteiger partial charge on any atom is -0.424 e. The number of ether oxygens (including phenoxy) is 1. The molecule has 0 bridgehead atoms. The van der Waals surface area contributed by atoms with Crippen LogP contribution in [-0.2, 0) is 9.53 Å². The fourth-order valence-electron chi connectivity index (χ4n) is 1.76. The van der Waals surface area contributed by atoms with E-state index in [4.69, 9.17) is 27.9 Å². The quantitative estimate of drug-likeness (QED) is 0.638. The van der Waals surface area contributed by atoms with E-state index in [0.29, 0.717) is 21.4 Å². The Balaban J connectivity index is 1.96. The number of hydrogen-bond donors (Lipinski definition) is 0. The molecule has 1 saturated carbocycles. The van der Waals surface area contributed by atoms with Crippen molar-refractivity contribution in [1.29, 1.82) is 0 Å². The summed E-state index contributed by atoms with van der Waals surface area (Å²) in [4.78, 5) is 15.8. The standard InChI is InChI=1S/C14H11Cl2N3O2/c15-10-3-4-11(12(16)5-10)13(6-19-8-17-7-18-19)21-14(20)9-1-2-9/h3-9H,1-2H2. The Bertz CT molecular complexity index is 694. The summed E-state index contributed by atoms with van der Waals surface area (Å²) in [7, 11) is 0. The van der Waals surface area contributed by atoms with E-state index in [1.807, 2.05) is 0 Å². The lowest BCUT2D eigenvalue weighted by Gasteiger charge is -2.10. The van der Waals surface area contributed by atoms with Crippen molar-refractivity contribution in [3.8, 4) is 0 Å². The average molecular weight is 324 g/mol. The van der Waals surface area contributed by atoms with Gasteiger partial charge < -0.3 is 4.74 Å². The molecular formula is C14H11Cl2N3O2. The Morgan fingerprint density at radius 2 is 2.19 bits per heavy atom. The van der Waals surface area contributed by atoms with E-state index in [9.17, 15) is 4.79 Å². The molecule has 0 atom stereocenters. The lowest BCUT2D eigenvalue weighted by Crippen LogP contribution is -2.07. The van der Waals surface area contributed by atoms with Crippen LogP contribution in [0.5, 0.6) is 0 Å². The van der Waals surface area contributed by atoms with Crippen LogP contribution in [0.1, 0.15) is 18.4 Å². The van der Waals surface area contributed by atoms with E-state index in [-0.39, 0.29) is 11.9 Å². The molecule has 7 heteroatoms. The molecule has 108 valence electrons. The van der Waals surface area contributed by atoms with E-state index in [1.54, 1.807) is 24.4 Å². The first kappa shape index (κ1) is 14.1. The maximum absolute atomic E-state index is 11.9. The molecule has 0 radical (unpaired) electrons. The molecule has 1 aromatic heterocycles. The van der Waals surface area contributed by atoms with Gasteiger partial charge in [-0.2, -0.15) is 5.10 Å². The van der Waals surface area contributed by atoms with Crippen LogP contribution in [0.2, 0.25) is 10.0 Å². The van der Waals surface area contributed by atoms with Crippen LogP contribution >= 0.6 is 23.2 Å². The number of halogens is 2. The zero-order chi connectivity index (χ0) is 14.8. The van der Waals surface area contributed by atoms with Gasteiger partial charge in [0.2, 0.25) is 0 Å². The number of carbonyl (C=O) groups excluding carboxylic acids is 1. The summed E-state index contributed by atoms with van der Waals surface area (Å²) >= 11 is 12.1. The van der Waals surface area contributed by atoms with Gasteiger partial charge in [0.05, 0.1) is 17.1 Å². The van der Waals surface area contributed by atoms with Crippen molar-refractivity contribution in [2.75, 3.05) is 0 Å². The van der Waals surface area contributed by atoms with Gasteiger partial charge in [-0.05, 0) is 31.0 Å². The highest BCUT2D eigenvalue weighted by molar-refractivity contribution is 6.35. The topological polar surface area (TPSA) is 57.0 Å². The fourth-order valence-corrected chi connectivity index (χ4v) is 2.26. The van der Waals surface area contributed by atoms with E-state index in [2.05, 4.69) is 10.1 Å². The van der Waals surface area contributed by atoms with Crippen molar-refractivity contribution >= 4 is 41.1 Å². The Kier molecular flexibility index (Phi) is 3.94. The van der Waals surface area contributed by atoms with E-state index in [0.717, 1.165) is 12.8 Å². The summed E-state index contributed by atoms with van der Waals surface area (Å²) in [6.45, 7) is 0. The summed E-state index contributed by atoms with van der Waals surface area (Å²) in [5.74, 6) is 0.0432. The zero-order valence-electron chi connectivity index (χ0n) is 10.9. The smallest absolute Gasteiger partial charge is 0.314 e. The van der Waals surface area contributed by atoms with Crippen molar-refractivity contribution in [2.24, 2.45) is 5.92 Å². The number of aromatic nitrogens is 3. The van der Waals surface area contributed by atoms with Gasteiger partial charge in [0, 0.05) is 10.6 Å². The van der Waals surface area contributed by atoms with Gasteiger partial charge in [-0.1, -0.05) is 23.2 Å². The molecule has 0 N–H and O–H groups in total. The van der Waals surface area contributed by atoms with E-state index in [1.165, 1.54) is 17.3 Å². The summed E-state index contributed by atoms with van der Waals surface area (Å²) < 4.78 is 6.91. The second-order valence-corrected chi connectivity index (χ2v) is 5.53. The lowest BCUT2D eigenvalue weighted by atomic mass is 10.2. The molecule has 0 unspecified atom stereocenters. The molecule has 0 aliphatic heterocycles. The number of benzene rings is 1. The van der Waals surface area contributed by atoms with Crippen molar-refractivity contribution < 1.29 is 9.53 Å². The molecular weight excluding hydrogens is 313 g/mol. The minimum atomic E-state index is -0.257. The van der Waals surface area contributed by atoms with Crippen LogP contribution in [-0.4, -0.2) is 20.7 Å². The molecule has 1 heterocycles. The van der Waals surface area contributed by atoms with Gasteiger partial charge in [0.15, 0.2) is 5.76 Å². The second kappa shape index (κ2) is 5.87. The fraction of sp³-hybridized carbons (Fsp3) is 0.214.